The van der Waals surface area contributed by atoms with Gasteiger partial charge >= 0.3 is 0 Å². The maximum absolute atomic E-state index is 12.9. The van der Waals surface area contributed by atoms with Gasteiger partial charge in [-0.3, -0.25) is 9.59 Å². The number of likely N-dealkylation sites (tertiary alicyclic amines) is 1. The van der Waals surface area contributed by atoms with E-state index in [1.54, 1.807) is 36.4 Å². The first-order chi connectivity index (χ1) is 14.8. The normalized spacial score (nSPS) is 18.1. The smallest absolute Gasteiger partial charge is 0.295 e. The van der Waals surface area contributed by atoms with E-state index in [2.05, 4.69) is 0 Å². The number of phenols is 1. The number of aliphatic hydroxyl groups is 1. The van der Waals surface area contributed by atoms with Crippen molar-refractivity contribution in [1.29, 1.82) is 0 Å². The first-order valence-corrected chi connectivity index (χ1v) is 10.1. The molecule has 0 saturated carbocycles. The molecule has 164 valence electrons. The van der Waals surface area contributed by atoms with Crippen molar-refractivity contribution in [2.45, 2.75) is 19.9 Å². The zero-order valence-electron chi connectivity index (χ0n) is 17.9. The second kappa shape index (κ2) is 9.66. The Balaban J connectivity index is 2.02. The first-order valence-electron chi connectivity index (χ1n) is 10.1. The van der Waals surface area contributed by atoms with Gasteiger partial charge in [0, 0.05) is 19.2 Å². The first kappa shape index (κ1) is 22.4. The van der Waals surface area contributed by atoms with E-state index < -0.39 is 17.7 Å². The van der Waals surface area contributed by atoms with Crippen LogP contribution < -0.4 is 4.74 Å². The summed E-state index contributed by atoms with van der Waals surface area (Å²) in [5.41, 5.74) is 1.01. The third kappa shape index (κ3) is 4.88. The van der Waals surface area contributed by atoms with E-state index in [4.69, 9.17) is 9.47 Å². The minimum absolute atomic E-state index is 0.00245. The second-order valence-corrected chi connectivity index (χ2v) is 7.81. The Hall–Kier alpha value is -3.32. The molecule has 2 aromatic rings. The summed E-state index contributed by atoms with van der Waals surface area (Å²) in [5.74, 6) is -0.621. The molecule has 1 heterocycles. The number of hydrogen-bond acceptors (Lipinski definition) is 6. The third-order valence-electron chi connectivity index (χ3n) is 5.00. The second-order valence-electron chi connectivity index (χ2n) is 7.81. The number of Topliss-reactive ketones (excluding diaryl/α,β-unsaturated/α-hetero) is 1. The van der Waals surface area contributed by atoms with Crippen molar-refractivity contribution in [3.05, 3.63) is 65.2 Å². The van der Waals surface area contributed by atoms with Gasteiger partial charge in [0.25, 0.3) is 11.7 Å². The summed E-state index contributed by atoms with van der Waals surface area (Å²) in [6.07, 6.45) is 0. The number of rotatable bonds is 8. The quantitative estimate of drug-likeness (QED) is 0.382. The number of methoxy groups -OCH3 is 1. The molecule has 0 radical (unpaired) electrons. The van der Waals surface area contributed by atoms with Crippen LogP contribution in [-0.2, 0) is 14.3 Å². The van der Waals surface area contributed by atoms with Crippen molar-refractivity contribution in [3.63, 3.8) is 0 Å². The monoisotopic (exact) mass is 425 g/mol. The van der Waals surface area contributed by atoms with Gasteiger partial charge in [0.2, 0.25) is 0 Å². The molecule has 0 bridgehead atoms. The summed E-state index contributed by atoms with van der Waals surface area (Å²) in [6.45, 7) is 5.09. The van der Waals surface area contributed by atoms with Gasteiger partial charge in [0.05, 0.1) is 24.8 Å². The van der Waals surface area contributed by atoms with E-state index >= 15 is 0 Å². The highest BCUT2D eigenvalue weighted by atomic mass is 16.5. The van der Waals surface area contributed by atoms with Gasteiger partial charge in [-0.25, -0.2) is 0 Å². The van der Waals surface area contributed by atoms with E-state index in [9.17, 15) is 19.8 Å². The Morgan fingerprint density at radius 2 is 1.71 bits per heavy atom. The summed E-state index contributed by atoms with van der Waals surface area (Å²) in [5, 5.41) is 20.6. The lowest BCUT2D eigenvalue weighted by Gasteiger charge is -2.25. The summed E-state index contributed by atoms with van der Waals surface area (Å²) < 4.78 is 10.8. The van der Waals surface area contributed by atoms with Crippen LogP contribution in [0, 0.1) is 5.92 Å². The molecular formula is C24H27NO6. The van der Waals surface area contributed by atoms with Crippen molar-refractivity contribution < 1.29 is 29.3 Å². The summed E-state index contributed by atoms with van der Waals surface area (Å²) >= 11 is 0. The fourth-order valence-electron chi connectivity index (χ4n) is 3.43. The third-order valence-corrected chi connectivity index (χ3v) is 5.00. The number of amides is 1. The number of hydrogen-bond donors (Lipinski definition) is 2. The van der Waals surface area contributed by atoms with Crippen molar-refractivity contribution in [1.82, 2.24) is 4.90 Å². The molecule has 1 fully saturated rings. The van der Waals surface area contributed by atoms with Gasteiger partial charge in [-0.05, 0) is 47.9 Å². The van der Waals surface area contributed by atoms with Crippen LogP contribution in [0.5, 0.6) is 11.5 Å². The SMILES string of the molecule is COCCN1C(=O)C(=O)/C(=C(/O)c2ccc(OCC(C)C)cc2)[C@H]1c1ccc(O)cc1. The summed E-state index contributed by atoms with van der Waals surface area (Å²) in [4.78, 5) is 27.0. The van der Waals surface area contributed by atoms with Crippen molar-refractivity contribution >= 4 is 17.4 Å². The van der Waals surface area contributed by atoms with Crippen LogP contribution in [0.3, 0.4) is 0 Å². The maximum Gasteiger partial charge on any atom is 0.295 e. The number of carbonyl (C=O) groups is 2. The molecule has 0 spiro atoms. The Morgan fingerprint density at radius 3 is 2.29 bits per heavy atom. The van der Waals surface area contributed by atoms with Gasteiger partial charge < -0.3 is 24.6 Å². The average molecular weight is 425 g/mol. The Morgan fingerprint density at radius 1 is 1.06 bits per heavy atom. The van der Waals surface area contributed by atoms with E-state index in [0.29, 0.717) is 29.4 Å². The number of benzene rings is 2. The highest BCUT2D eigenvalue weighted by Crippen LogP contribution is 2.39. The van der Waals surface area contributed by atoms with Gasteiger partial charge in [0.15, 0.2) is 0 Å². The molecule has 1 amide bonds. The highest BCUT2D eigenvalue weighted by Gasteiger charge is 2.45. The maximum atomic E-state index is 12.9. The predicted octanol–water partition coefficient (Wildman–Crippen LogP) is 3.50. The molecule has 1 atom stereocenters. The topological polar surface area (TPSA) is 96.3 Å². The highest BCUT2D eigenvalue weighted by molar-refractivity contribution is 6.46. The standard InChI is InChI=1S/C24H27NO6/c1-15(2)14-31-19-10-6-17(7-11-19)22(27)20-21(16-4-8-18(26)9-5-16)25(12-13-30-3)24(29)23(20)28/h4-11,15,21,26-27H,12-14H2,1-3H3/b22-20+/t21-/m1/s1. The molecule has 0 unspecified atom stereocenters. The van der Waals surface area contributed by atoms with Gasteiger partial charge in [-0.15, -0.1) is 0 Å². The lowest BCUT2D eigenvalue weighted by atomic mass is 9.95. The van der Waals surface area contributed by atoms with Crippen LogP contribution in [-0.4, -0.2) is 53.7 Å². The predicted molar refractivity (Wildman–Crippen MR) is 116 cm³/mol. The minimum Gasteiger partial charge on any atom is -0.508 e. The van der Waals surface area contributed by atoms with Crippen LogP contribution in [0.4, 0.5) is 0 Å². The van der Waals surface area contributed by atoms with Crippen LogP contribution in [0.25, 0.3) is 5.76 Å². The van der Waals surface area contributed by atoms with E-state index in [-0.39, 0.29) is 30.2 Å². The molecule has 7 nitrogen and oxygen atoms in total. The van der Waals surface area contributed by atoms with Gasteiger partial charge in [0.1, 0.15) is 17.3 Å². The molecule has 0 aliphatic carbocycles. The Kier molecular flexibility index (Phi) is 6.97. The molecule has 1 aliphatic rings. The van der Waals surface area contributed by atoms with Gasteiger partial charge in [-0.2, -0.15) is 0 Å². The molecule has 2 N–H and O–H groups in total. The van der Waals surface area contributed by atoms with Crippen LogP contribution in [0.15, 0.2) is 54.1 Å². The van der Waals surface area contributed by atoms with Crippen molar-refractivity contribution in [2.24, 2.45) is 5.92 Å². The minimum atomic E-state index is -0.785. The van der Waals surface area contributed by atoms with Crippen LogP contribution in [0.1, 0.15) is 31.0 Å². The molecule has 7 heteroatoms. The molecular weight excluding hydrogens is 398 g/mol. The fraction of sp³-hybridized carbons (Fsp3) is 0.333. The lowest BCUT2D eigenvalue weighted by molar-refractivity contribution is -0.140. The average Bonchev–Trinajstić information content (AvgIpc) is 3.01. The molecule has 3 rings (SSSR count). The fourth-order valence-corrected chi connectivity index (χ4v) is 3.43. The Labute approximate surface area is 181 Å². The molecule has 0 aromatic heterocycles. The van der Waals surface area contributed by atoms with E-state index in [0.717, 1.165) is 0 Å². The van der Waals surface area contributed by atoms with Crippen molar-refractivity contribution in [2.75, 3.05) is 26.9 Å². The van der Waals surface area contributed by atoms with E-state index in [1.807, 2.05) is 13.8 Å². The van der Waals surface area contributed by atoms with Crippen LogP contribution in [0.2, 0.25) is 0 Å². The number of phenolic OH excluding ortho intramolecular Hbond substituents is 1. The van der Waals surface area contributed by atoms with E-state index in [1.165, 1.54) is 24.1 Å². The molecule has 2 aromatic carbocycles. The number of aromatic hydroxyl groups is 1. The summed E-state index contributed by atoms with van der Waals surface area (Å²) in [7, 11) is 1.51. The van der Waals surface area contributed by atoms with Crippen LogP contribution >= 0.6 is 0 Å². The lowest BCUT2D eigenvalue weighted by Crippen LogP contribution is -2.32. The van der Waals surface area contributed by atoms with Gasteiger partial charge in [-0.1, -0.05) is 26.0 Å². The summed E-state index contributed by atoms with van der Waals surface area (Å²) in [6, 6.07) is 12.2. The molecule has 1 aliphatic heterocycles. The number of ether oxygens (including phenoxy) is 2. The molecule has 1 saturated heterocycles. The number of nitrogens with zero attached hydrogens (tertiary/aromatic N) is 1. The Bertz CT molecular complexity index is 963. The largest absolute Gasteiger partial charge is 0.508 e. The zero-order chi connectivity index (χ0) is 22.5. The number of carbonyl (C=O) groups excluding carboxylic acids is 2. The molecule has 31 heavy (non-hydrogen) atoms. The number of aliphatic hydroxyl groups excluding tert-OH is 1. The zero-order valence-corrected chi connectivity index (χ0v) is 17.9. The number of ketones is 1. The van der Waals surface area contributed by atoms with Crippen molar-refractivity contribution in [3.8, 4) is 11.5 Å².